The zero-order valence-corrected chi connectivity index (χ0v) is 14.7. The second-order valence-electron chi connectivity index (χ2n) is 7.37. The molecule has 7 nitrogen and oxygen atoms in total. The molecule has 0 spiro atoms. The van der Waals surface area contributed by atoms with Crippen molar-refractivity contribution >= 4 is 23.4 Å². The van der Waals surface area contributed by atoms with Crippen LogP contribution >= 0.6 is 0 Å². The van der Waals surface area contributed by atoms with Gasteiger partial charge in [0.15, 0.2) is 0 Å². The molecular formula is C18H22N4O3. The van der Waals surface area contributed by atoms with Crippen LogP contribution in [0.3, 0.4) is 0 Å². The number of ether oxygens (including phenoxy) is 1. The van der Waals surface area contributed by atoms with Crippen LogP contribution in [0.2, 0.25) is 0 Å². The molecular weight excluding hydrogens is 320 g/mol. The topological polar surface area (TPSA) is 85.7 Å². The van der Waals surface area contributed by atoms with E-state index in [9.17, 15) is 9.59 Å². The first kappa shape index (κ1) is 17.1. The lowest BCUT2D eigenvalue weighted by atomic mass is 10.1. The number of hydrogen-bond acceptors (Lipinski definition) is 5. The highest BCUT2D eigenvalue weighted by molar-refractivity contribution is 5.97. The van der Waals surface area contributed by atoms with Crippen molar-refractivity contribution in [1.82, 2.24) is 4.90 Å². The molecule has 2 aliphatic heterocycles. The van der Waals surface area contributed by atoms with Gasteiger partial charge in [0, 0.05) is 26.1 Å². The number of piperazine rings is 1. The van der Waals surface area contributed by atoms with Crippen LogP contribution in [0, 0.1) is 11.3 Å². The van der Waals surface area contributed by atoms with E-state index in [1.807, 2.05) is 20.8 Å². The molecule has 1 unspecified atom stereocenters. The predicted molar refractivity (Wildman–Crippen MR) is 93.3 cm³/mol. The summed E-state index contributed by atoms with van der Waals surface area (Å²) in [5, 5.41) is 12.0. The molecule has 3 rings (SSSR count). The third kappa shape index (κ3) is 3.68. The van der Waals surface area contributed by atoms with Crippen LogP contribution in [0.1, 0.15) is 32.8 Å². The van der Waals surface area contributed by atoms with Gasteiger partial charge in [0.1, 0.15) is 5.60 Å². The molecule has 1 fully saturated rings. The minimum absolute atomic E-state index is 0.0931. The van der Waals surface area contributed by atoms with E-state index in [0.717, 1.165) is 5.69 Å². The number of hydrogen-bond donors (Lipinski definition) is 1. The van der Waals surface area contributed by atoms with Gasteiger partial charge >= 0.3 is 6.09 Å². The Kier molecular flexibility index (Phi) is 4.29. The first-order valence-electron chi connectivity index (χ1n) is 8.35. The van der Waals surface area contributed by atoms with Crippen LogP contribution in [-0.2, 0) is 9.53 Å². The van der Waals surface area contributed by atoms with Crippen molar-refractivity contribution in [2.45, 2.75) is 38.8 Å². The highest BCUT2D eigenvalue weighted by atomic mass is 16.6. The Hall–Kier alpha value is -2.75. The lowest BCUT2D eigenvalue weighted by Gasteiger charge is -2.42. The molecule has 7 heteroatoms. The second kappa shape index (κ2) is 6.28. The van der Waals surface area contributed by atoms with Gasteiger partial charge in [0.25, 0.3) is 0 Å². The van der Waals surface area contributed by atoms with Crippen molar-refractivity contribution in [2.75, 3.05) is 29.9 Å². The molecule has 1 saturated heterocycles. The van der Waals surface area contributed by atoms with E-state index in [-0.39, 0.29) is 24.5 Å². The fourth-order valence-electron chi connectivity index (χ4n) is 3.20. The average molecular weight is 342 g/mol. The smallest absolute Gasteiger partial charge is 0.410 e. The van der Waals surface area contributed by atoms with Crippen molar-refractivity contribution in [3.05, 3.63) is 23.8 Å². The zero-order chi connectivity index (χ0) is 18.2. The van der Waals surface area contributed by atoms with Gasteiger partial charge < -0.3 is 19.9 Å². The molecule has 0 saturated carbocycles. The molecule has 1 N–H and O–H groups in total. The maximum absolute atomic E-state index is 12.3. The van der Waals surface area contributed by atoms with E-state index < -0.39 is 5.60 Å². The lowest BCUT2D eigenvalue weighted by Crippen LogP contribution is -2.55. The molecule has 0 radical (unpaired) electrons. The lowest BCUT2D eigenvalue weighted by molar-refractivity contribution is -0.116. The fraction of sp³-hybridized carbons (Fsp3) is 0.500. The Balaban J connectivity index is 1.84. The van der Waals surface area contributed by atoms with Crippen molar-refractivity contribution in [1.29, 1.82) is 5.26 Å². The zero-order valence-electron chi connectivity index (χ0n) is 14.7. The Labute approximate surface area is 147 Å². The van der Waals surface area contributed by atoms with E-state index in [2.05, 4.69) is 16.3 Å². The molecule has 1 atom stereocenters. The summed E-state index contributed by atoms with van der Waals surface area (Å²) in [5.74, 6) is -0.0931. The van der Waals surface area contributed by atoms with Gasteiger partial charge in [-0.3, -0.25) is 4.79 Å². The normalized spacial score (nSPS) is 19.9. The van der Waals surface area contributed by atoms with E-state index in [0.29, 0.717) is 30.9 Å². The molecule has 1 aromatic carbocycles. The molecule has 132 valence electrons. The van der Waals surface area contributed by atoms with Crippen LogP contribution in [0.4, 0.5) is 16.2 Å². The standard InChI is InChI=1S/C18H22N4O3/c1-18(2,3)25-17(24)21-6-7-22-13(11-21)9-16(23)20-14-5-4-12(10-19)8-15(14)22/h4-5,8,13H,6-7,9,11H2,1-3H3,(H,20,23). The Bertz CT molecular complexity index is 748. The summed E-state index contributed by atoms with van der Waals surface area (Å²) in [4.78, 5) is 28.3. The third-order valence-corrected chi connectivity index (χ3v) is 4.27. The predicted octanol–water partition coefficient (Wildman–Crippen LogP) is 2.33. The van der Waals surface area contributed by atoms with E-state index in [4.69, 9.17) is 10.00 Å². The van der Waals surface area contributed by atoms with Crippen molar-refractivity contribution in [2.24, 2.45) is 0 Å². The van der Waals surface area contributed by atoms with Gasteiger partial charge in [-0.15, -0.1) is 0 Å². The number of carbonyl (C=O) groups is 2. The number of carbonyl (C=O) groups excluding carboxylic acids is 2. The highest BCUT2D eigenvalue weighted by Gasteiger charge is 2.36. The summed E-state index contributed by atoms with van der Waals surface area (Å²) in [7, 11) is 0. The van der Waals surface area contributed by atoms with Gasteiger partial charge in [-0.25, -0.2) is 4.79 Å². The minimum atomic E-state index is -0.552. The van der Waals surface area contributed by atoms with Crippen LogP contribution in [0.5, 0.6) is 0 Å². The van der Waals surface area contributed by atoms with E-state index in [1.54, 1.807) is 23.1 Å². The number of benzene rings is 1. The summed E-state index contributed by atoms with van der Waals surface area (Å²) < 4.78 is 5.45. The van der Waals surface area contributed by atoms with Gasteiger partial charge in [-0.1, -0.05) is 0 Å². The molecule has 0 bridgehead atoms. The molecule has 2 heterocycles. The maximum Gasteiger partial charge on any atom is 0.410 e. The number of nitriles is 1. The van der Waals surface area contributed by atoms with Gasteiger partial charge in [0.05, 0.1) is 29.0 Å². The second-order valence-corrected chi connectivity index (χ2v) is 7.37. The number of amides is 2. The first-order chi connectivity index (χ1) is 11.8. The molecule has 0 aromatic heterocycles. The highest BCUT2D eigenvalue weighted by Crippen LogP contribution is 2.34. The number of nitrogens with zero attached hydrogens (tertiary/aromatic N) is 3. The summed E-state index contributed by atoms with van der Waals surface area (Å²) in [5.41, 5.74) is 1.53. The molecule has 1 aromatic rings. The average Bonchev–Trinajstić information content (AvgIpc) is 2.67. The summed E-state index contributed by atoms with van der Waals surface area (Å²) in [6, 6.07) is 7.23. The molecule has 2 aliphatic rings. The third-order valence-electron chi connectivity index (χ3n) is 4.27. The van der Waals surface area contributed by atoms with E-state index in [1.165, 1.54) is 0 Å². The minimum Gasteiger partial charge on any atom is -0.444 e. The van der Waals surface area contributed by atoms with Gasteiger partial charge in [-0.05, 0) is 39.0 Å². The molecule has 0 aliphatic carbocycles. The van der Waals surface area contributed by atoms with Gasteiger partial charge in [-0.2, -0.15) is 5.26 Å². The number of nitrogens with one attached hydrogen (secondary N) is 1. The van der Waals surface area contributed by atoms with Crippen molar-refractivity contribution in [3.8, 4) is 6.07 Å². The van der Waals surface area contributed by atoms with Crippen LogP contribution in [-0.4, -0.2) is 48.2 Å². The van der Waals surface area contributed by atoms with Crippen LogP contribution < -0.4 is 10.2 Å². The fourth-order valence-corrected chi connectivity index (χ4v) is 3.20. The monoisotopic (exact) mass is 342 g/mol. The van der Waals surface area contributed by atoms with Crippen LogP contribution in [0.25, 0.3) is 0 Å². The SMILES string of the molecule is CC(C)(C)OC(=O)N1CCN2c3cc(C#N)ccc3NC(=O)CC2C1. The molecule has 2 amide bonds. The summed E-state index contributed by atoms with van der Waals surface area (Å²) in [6.07, 6.45) is -0.0710. The Morgan fingerprint density at radius 2 is 2.12 bits per heavy atom. The van der Waals surface area contributed by atoms with Gasteiger partial charge in [0.2, 0.25) is 5.91 Å². The number of anilines is 2. The summed E-state index contributed by atoms with van der Waals surface area (Å²) in [6.45, 7) is 7.01. The van der Waals surface area contributed by atoms with E-state index >= 15 is 0 Å². The van der Waals surface area contributed by atoms with Crippen LogP contribution in [0.15, 0.2) is 18.2 Å². The number of fused-ring (bicyclic) bond motifs is 3. The largest absolute Gasteiger partial charge is 0.444 e. The Morgan fingerprint density at radius 3 is 2.80 bits per heavy atom. The van der Waals surface area contributed by atoms with Crippen molar-refractivity contribution < 1.29 is 14.3 Å². The number of rotatable bonds is 0. The quantitative estimate of drug-likeness (QED) is 0.782. The maximum atomic E-state index is 12.3. The molecule has 25 heavy (non-hydrogen) atoms. The van der Waals surface area contributed by atoms with Crippen molar-refractivity contribution in [3.63, 3.8) is 0 Å². The Morgan fingerprint density at radius 1 is 1.36 bits per heavy atom. The summed E-state index contributed by atoms with van der Waals surface area (Å²) >= 11 is 0. The first-order valence-corrected chi connectivity index (χ1v) is 8.35.